The van der Waals surface area contributed by atoms with E-state index < -0.39 is 0 Å². The van der Waals surface area contributed by atoms with Crippen molar-refractivity contribution in [3.8, 4) is 0 Å². The smallest absolute Gasteiger partial charge is 0.128 e. The molecule has 1 aliphatic rings. The van der Waals surface area contributed by atoms with Crippen LogP contribution in [0.1, 0.15) is 45.9 Å². The predicted molar refractivity (Wildman–Crippen MR) is 80.3 cm³/mol. The second-order valence-electron chi connectivity index (χ2n) is 6.83. The van der Waals surface area contributed by atoms with Crippen LogP contribution in [0.2, 0.25) is 5.15 Å². The highest BCUT2D eigenvalue weighted by molar-refractivity contribution is 6.29. The number of hydrogen-bond acceptors (Lipinski definition) is 2. The summed E-state index contributed by atoms with van der Waals surface area (Å²) in [6, 6.07) is 0. The van der Waals surface area contributed by atoms with E-state index in [1.54, 1.807) is 6.20 Å². The Hall–Kier alpha value is -0.540. The van der Waals surface area contributed by atoms with E-state index in [1.807, 2.05) is 11.6 Å². The Kier molecular flexibility index (Phi) is 4.57. The van der Waals surface area contributed by atoms with Gasteiger partial charge < -0.3 is 4.57 Å². The topological polar surface area (TPSA) is 21.1 Å². The lowest BCUT2D eigenvalue weighted by atomic mass is 9.77. The Morgan fingerprint density at radius 3 is 2.63 bits per heavy atom. The number of rotatable bonds is 2. The molecule has 0 radical (unpaired) electrons. The third-order valence-corrected chi connectivity index (χ3v) is 4.79. The third kappa shape index (κ3) is 3.73. The highest BCUT2D eigenvalue weighted by Crippen LogP contribution is 2.34. The maximum absolute atomic E-state index is 6.04. The largest absolute Gasteiger partial charge is 0.321 e. The maximum atomic E-state index is 6.04. The quantitative estimate of drug-likeness (QED) is 0.825. The van der Waals surface area contributed by atoms with E-state index in [9.17, 15) is 0 Å². The molecule has 0 N–H and O–H groups in total. The van der Waals surface area contributed by atoms with Gasteiger partial charge in [0.2, 0.25) is 0 Å². The number of likely N-dealkylation sites (tertiary alicyclic amines) is 1. The van der Waals surface area contributed by atoms with Crippen molar-refractivity contribution >= 4 is 11.6 Å². The average molecular weight is 284 g/mol. The molecule has 108 valence electrons. The maximum Gasteiger partial charge on any atom is 0.128 e. The zero-order valence-electron chi connectivity index (χ0n) is 12.6. The van der Waals surface area contributed by atoms with Crippen molar-refractivity contribution in [2.24, 2.45) is 18.4 Å². The molecule has 0 saturated carbocycles. The van der Waals surface area contributed by atoms with Gasteiger partial charge in [-0.2, -0.15) is 0 Å². The van der Waals surface area contributed by atoms with Crippen molar-refractivity contribution in [3.63, 3.8) is 0 Å². The van der Waals surface area contributed by atoms with Crippen LogP contribution in [-0.4, -0.2) is 27.5 Å². The van der Waals surface area contributed by atoms with Crippen molar-refractivity contribution < 1.29 is 0 Å². The molecule has 4 heteroatoms. The van der Waals surface area contributed by atoms with Gasteiger partial charge in [0.1, 0.15) is 11.0 Å². The van der Waals surface area contributed by atoms with Crippen LogP contribution < -0.4 is 0 Å². The van der Waals surface area contributed by atoms with E-state index in [0.29, 0.717) is 5.41 Å². The molecule has 1 aromatic rings. The van der Waals surface area contributed by atoms with Gasteiger partial charge in [0.15, 0.2) is 0 Å². The lowest BCUT2D eigenvalue weighted by Crippen LogP contribution is -2.27. The first kappa shape index (κ1) is 14.9. The first-order chi connectivity index (χ1) is 8.88. The van der Waals surface area contributed by atoms with Gasteiger partial charge in [0.25, 0.3) is 0 Å². The first-order valence-electron chi connectivity index (χ1n) is 7.26. The van der Waals surface area contributed by atoms with E-state index >= 15 is 0 Å². The van der Waals surface area contributed by atoms with E-state index in [-0.39, 0.29) is 0 Å². The van der Waals surface area contributed by atoms with Crippen molar-refractivity contribution in [2.75, 3.05) is 13.1 Å². The molecule has 0 amide bonds. The minimum atomic E-state index is 0.433. The van der Waals surface area contributed by atoms with Crippen LogP contribution in [0.3, 0.4) is 0 Å². The molecule has 0 aromatic carbocycles. The summed E-state index contributed by atoms with van der Waals surface area (Å²) in [6.45, 7) is 10.4. The number of nitrogens with zero attached hydrogens (tertiary/aromatic N) is 3. The van der Waals surface area contributed by atoms with Crippen molar-refractivity contribution in [3.05, 3.63) is 17.2 Å². The van der Waals surface area contributed by atoms with Crippen LogP contribution in [-0.2, 0) is 13.6 Å². The van der Waals surface area contributed by atoms with E-state index in [4.69, 9.17) is 11.6 Å². The van der Waals surface area contributed by atoms with Crippen molar-refractivity contribution in [1.82, 2.24) is 14.5 Å². The normalized spacial score (nSPS) is 22.5. The summed E-state index contributed by atoms with van der Waals surface area (Å²) in [5.41, 5.74) is 0.433. The Bertz CT molecular complexity index is 420. The molecule has 0 aliphatic carbocycles. The van der Waals surface area contributed by atoms with Gasteiger partial charge in [0, 0.05) is 7.05 Å². The standard InChI is InChI=1S/C15H26ClN3/c1-15(2,3)12-6-5-8-19(9-7-12)11-14-17-10-13(16)18(14)4/h10,12H,5-9,11H2,1-4H3. The van der Waals surface area contributed by atoms with Crippen LogP contribution in [0.15, 0.2) is 6.20 Å². The van der Waals surface area contributed by atoms with Crippen LogP contribution in [0.5, 0.6) is 0 Å². The Balaban J connectivity index is 1.95. The summed E-state index contributed by atoms with van der Waals surface area (Å²) in [5, 5.41) is 0.720. The van der Waals surface area contributed by atoms with Crippen LogP contribution in [0, 0.1) is 11.3 Å². The van der Waals surface area contributed by atoms with Crippen LogP contribution in [0.4, 0.5) is 0 Å². The Morgan fingerprint density at radius 1 is 1.32 bits per heavy atom. The highest BCUT2D eigenvalue weighted by atomic mass is 35.5. The molecule has 0 spiro atoms. The highest BCUT2D eigenvalue weighted by Gasteiger charge is 2.27. The van der Waals surface area contributed by atoms with Crippen molar-refractivity contribution in [1.29, 1.82) is 0 Å². The average Bonchev–Trinajstić information content (AvgIpc) is 2.57. The molecule has 1 fully saturated rings. The Labute approximate surface area is 122 Å². The van der Waals surface area contributed by atoms with Gasteiger partial charge in [-0.15, -0.1) is 0 Å². The van der Waals surface area contributed by atoms with Gasteiger partial charge in [-0.05, 0) is 43.7 Å². The van der Waals surface area contributed by atoms with Gasteiger partial charge in [-0.1, -0.05) is 32.4 Å². The molecule has 1 saturated heterocycles. The van der Waals surface area contributed by atoms with E-state index in [1.165, 1.54) is 32.4 Å². The first-order valence-corrected chi connectivity index (χ1v) is 7.64. The van der Waals surface area contributed by atoms with E-state index in [2.05, 4.69) is 30.7 Å². The van der Waals surface area contributed by atoms with Gasteiger partial charge in [-0.25, -0.2) is 4.98 Å². The van der Waals surface area contributed by atoms with Crippen molar-refractivity contribution in [2.45, 2.75) is 46.6 Å². The molecule has 1 aromatic heterocycles. The molecule has 2 heterocycles. The summed E-state index contributed by atoms with van der Waals surface area (Å²) in [7, 11) is 1.99. The lowest BCUT2D eigenvalue weighted by Gasteiger charge is -2.29. The van der Waals surface area contributed by atoms with E-state index in [0.717, 1.165) is 23.4 Å². The molecule has 3 nitrogen and oxygen atoms in total. The van der Waals surface area contributed by atoms with Crippen LogP contribution in [0.25, 0.3) is 0 Å². The summed E-state index contributed by atoms with van der Waals surface area (Å²) in [5.74, 6) is 1.90. The second-order valence-corrected chi connectivity index (χ2v) is 7.21. The summed E-state index contributed by atoms with van der Waals surface area (Å²) in [6.07, 6.45) is 5.68. The lowest BCUT2D eigenvalue weighted by molar-refractivity contribution is 0.205. The molecule has 2 rings (SSSR count). The number of hydrogen-bond donors (Lipinski definition) is 0. The zero-order valence-corrected chi connectivity index (χ0v) is 13.4. The number of halogens is 1. The number of aromatic nitrogens is 2. The summed E-state index contributed by atoms with van der Waals surface area (Å²) >= 11 is 6.04. The van der Waals surface area contributed by atoms with Gasteiger partial charge >= 0.3 is 0 Å². The molecule has 0 bridgehead atoms. The molecule has 1 unspecified atom stereocenters. The summed E-state index contributed by atoms with van der Waals surface area (Å²) < 4.78 is 1.98. The number of imidazole rings is 1. The summed E-state index contributed by atoms with van der Waals surface area (Å²) in [4.78, 5) is 6.92. The third-order valence-electron chi connectivity index (χ3n) is 4.44. The second kappa shape index (κ2) is 5.84. The predicted octanol–water partition coefficient (Wildman–Crippen LogP) is 3.72. The molecule has 19 heavy (non-hydrogen) atoms. The molecule has 1 atom stereocenters. The van der Waals surface area contributed by atoms with Gasteiger partial charge in [0.05, 0.1) is 12.7 Å². The SMILES string of the molecule is Cn1c(Cl)cnc1CN1CCCC(C(C)(C)C)CC1. The molecular formula is C15H26ClN3. The van der Waals surface area contributed by atoms with Crippen LogP contribution >= 0.6 is 11.6 Å². The fourth-order valence-corrected chi connectivity index (χ4v) is 3.10. The van der Waals surface area contributed by atoms with Gasteiger partial charge in [-0.3, -0.25) is 4.90 Å². The Morgan fingerprint density at radius 2 is 2.05 bits per heavy atom. The fourth-order valence-electron chi connectivity index (χ4n) is 2.95. The monoisotopic (exact) mass is 283 g/mol. The minimum absolute atomic E-state index is 0.433. The minimum Gasteiger partial charge on any atom is -0.321 e. The molecular weight excluding hydrogens is 258 g/mol. The zero-order chi connectivity index (χ0) is 14.0. The fraction of sp³-hybridized carbons (Fsp3) is 0.800. The molecule has 1 aliphatic heterocycles.